The Bertz CT molecular complexity index is 998. The number of aromatic nitrogens is 3. The van der Waals surface area contributed by atoms with Gasteiger partial charge in [-0.2, -0.15) is 0 Å². The Morgan fingerprint density at radius 2 is 1.79 bits per heavy atom. The summed E-state index contributed by atoms with van der Waals surface area (Å²) in [7, 11) is -3.85. The van der Waals surface area contributed by atoms with E-state index in [1.807, 2.05) is 10.8 Å². The van der Waals surface area contributed by atoms with E-state index in [-0.39, 0.29) is 4.90 Å². The third kappa shape index (κ3) is 3.30. The van der Waals surface area contributed by atoms with Gasteiger partial charge in [-0.1, -0.05) is 0 Å². The molecule has 0 aliphatic carbocycles. The first-order chi connectivity index (χ1) is 11.5. The summed E-state index contributed by atoms with van der Waals surface area (Å²) in [5.74, 6) is -0.0808. The third-order valence-electron chi connectivity index (χ3n) is 3.11. The van der Waals surface area contributed by atoms with Crippen molar-refractivity contribution >= 4 is 38.5 Å². The molecule has 0 aliphatic rings. The van der Waals surface area contributed by atoms with E-state index >= 15 is 0 Å². The molecule has 1 amide bonds. The van der Waals surface area contributed by atoms with Gasteiger partial charge in [0.25, 0.3) is 10.0 Å². The fourth-order valence-corrected chi connectivity index (χ4v) is 3.09. The smallest absolute Gasteiger partial charge is 0.264 e. The molecule has 2 aromatic heterocycles. The molecule has 0 saturated heterocycles. The van der Waals surface area contributed by atoms with Gasteiger partial charge in [0.05, 0.1) is 10.3 Å². The number of benzene rings is 1. The second-order valence-corrected chi connectivity index (χ2v) is 6.59. The van der Waals surface area contributed by atoms with E-state index < -0.39 is 15.9 Å². The molecule has 0 radical (unpaired) electrons. The van der Waals surface area contributed by atoms with Crippen LogP contribution in [-0.4, -0.2) is 29.3 Å². The molecule has 9 heteroatoms. The maximum absolute atomic E-state index is 11.9. The number of fused-ring (bicyclic) bond motifs is 1. The highest BCUT2D eigenvalue weighted by atomic mass is 32.2. The van der Waals surface area contributed by atoms with Gasteiger partial charge in [-0.25, -0.2) is 28.1 Å². The largest absolute Gasteiger partial charge is 0.340 e. The summed E-state index contributed by atoms with van der Waals surface area (Å²) < 4.78 is 25.7. The van der Waals surface area contributed by atoms with Gasteiger partial charge in [-0.05, 0) is 36.4 Å². The minimum Gasteiger partial charge on any atom is -0.340 e. The van der Waals surface area contributed by atoms with Crippen LogP contribution in [0.15, 0.2) is 53.8 Å². The molecule has 3 aromatic rings. The standard InChI is InChI=1S/C15H13N5O3S/c1-10(21)20-24(22,23)12-6-4-11(5-7-12)19-15-13-3-2-8-16-14(13)17-9-18-15/h2-9H,1H3,(H,20,21)(H,16,17,18,19). The van der Waals surface area contributed by atoms with E-state index in [0.717, 1.165) is 12.3 Å². The predicted molar refractivity (Wildman–Crippen MR) is 88.1 cm³/mol. The van der Waals surface area contributed by atoms with Gasteiger partial charge in [0.15, 0.2) is 5.65 Å². The van der Waals surface area contributed by atoms with Gasteiger partial charge < -0.3 is 5.32 Å². The topological polar surface area (TPSA) is 114 Å². The number of amides is 1. The van der Waals surface area contributed by atoms with E-state index in [4.69, 9.17) is 0 Å². The molecule has 122 valence electrons. The second kappa shape index (κ2) is 6.20. The van der Waals surface area contributed by atoms with Crippen molar-refractivity contribution in [1.82, 2.24) is 19.7 Å². The van der Waals surface area contributed by atoms with E-state index in [1.165, 1.54) is 18.5 Å². The quantitative estimate of drug-likeness (QED) is 0.739. The molecule has 0 unspecified atom stereocenters. The first-order valence-corrected chi connectivity index (χ1v) is 8.40. The lowest BCUT2D eigenvalue weighted by atomic mass is 10.3. The summed E-state index contributed by atoms with van der Waals surface area (Å²) in [6, 6.07) is 9.57. The minimum atomic E-state index is -3.85. The van der Waals surface area contributed by atoms with Crippen LogP contribution in [0.1, 0.15) is 6.92 Å². The second-order valence-electron chi connectivity index (χ2n) is 4.91. The first kappa shape index (κ1) is 15.8. The molecule has 2 heterocycles. The number of carbonyl (C=O) groups is 1. The summed E-state index contributed by atoms with van der Waals surface area (Å²) in [5.41, 5.74) is 1.19. The molecule has 8 nitrogen and oxygen atoms in total. The minimum absolute atomic E-state index is 0.00235. The predicted octanol–water partition coefficient (Wildman–Crippen LogP) is 1.59. The molecular formula is C15H13N5O3S. The Morgan fingerprint density at radius 3 is 2.50 bits per heavy atom. The lowest BCUT2D eigenvalue weighted by Gasteiger charge is -2.09. The van der Waals surface area contributed by atoms with Crippen LogP contribution in [0.2, 0.25) is 0 Å². The van der Waals surface area contributed by atoms with Gasteiger partial charge in [-0.3, -0.25) is 4.79 Å². The van der Waals surface area contributed by atoms with E-state index in [1.54, 1.807) is 24.4 Å². The SMILES string of the molecule is CC(=O)NS(=O)(=O)c1ccc(Nc2ncnc3ncccc23)cc1. The molecule has 0 fully saturated rings. The van der Waals surface area contributed by atoms with Crippen molar-refractivity contribution in [2.75, 3.05) is 5.32 Å². The van der Waals surface area contributed by atoms with Gasteiger partial charge >= 0.3 is 0 Å². The van der Waals surface area contributed by atoms with Crippen LogP contribution in [0.3, 0.4) is 0 Å². The Hall–Kier alpha value is -3.07. The van der Waals surface area contributed by atoms with Gasteiger partial charge in [0.2, 0.25) is 5.91 Å². The molecule has 3 rings (SSSR count). The number of pyridine rings is 1. The monoisotopic (exact) mass is 343 g/mol. The number of sulfonamides is 1. The Labute approximate surface area is 138 Å². The maximum Gasteiger partial charge on any atom is 0.264 e. The molecule has 0 bridgehead atoms. The van der Waals surface area contributed by atoms with Crippen molar-refractivity contribution in [2.45, 2.75) is 11.8 Å². The van der Waals surface area contributed by atoms with Crippen molar-refractivity contribution < 1.29 is 13.2 Å². The highest BCUT2D eigenvalue weighted by Gasteiger charge is 2.15. The number of hydrogen-bond donors (Lipinski definition) is 2. The zero-order chi connectivity index (χ0) is 17.2. The molecule has 0 spiro atoms. The summed E-state index contributed by atoms with van der Waals surface area (Å²) in [6.45, 7) is 1.14. The molecule has 24 heavy (non-hydrogen) atoms. The fourth-order valence-electron chi connectivity index (χ4n) is 2.10. The van der Waals surface area contributed by atoms with Crippen LogP contribution < -0.4 is 10.0 Å². The van der Waals surface area contributed by atoms with Crippen LogP contribution in [-0.2, 0) is 14.8 Å². The lowest BCUT2D eigenvalue weighted by molar-refractivity contribution is -0.117. The fraction of sp³-hybridized carbons (Fsp3) is 0.0667. The van der Waals surface area contributed by atoms with Gasteiger partial charge in [0.1, 0.15) is 12.1 Å². The van der Waals surface area contributed by atoms with Crippen molar-refractivity contribution in [3.8, 4) is 0 Å². The molecule has 0 saturated carbocycles. The van der Waals surface area contributed by atoms with Crippen LogP contribution in [0.4, 0.5) is 11.5 Å². The summed E-state index contributed by atoms with van der Waals surface area (Å²) in [4.78, 5) is 23.3. The van der Waals surface area contributed by atoms with Crippen molar-refractivity contribution in [3.63, 3.8) is 0 Å². The molecule has 1 aromatic carbocycles. The molecular weight excluding hydrogens is 330 g/mol. The zero-order valence-electron chi connectivity index (χ0n) is 12.6. The van der Waals surface area contributed by atoms with E-state index in [9.17, 15) is 13.2 Å². The molecule has 0 aliphatic heterocycles. The van der Waals surface area contributed by atoms with E-state index in [2.05, 4.69) is 20.3 Å². The maximum atomic E-state index is 11.9. The number of carbonyl (C=O) groups excluding carboxylic acids is 1. The lowest BCUT2D eigenvalue weighted by Crippen LogP contribution is -2.28. The van der Waals surface area contributed by atoms with Crippen LogP contribution in [0, 0.1) is 0 Å². The Kier molecular flexibility index (Phi) is 4.09. The number of hydrogen-bond acceptors (Lipinski definition) is 7. The average Bonchev–Trinajstić information content (AvgIpc) is 2.54. The number of nitrogens with one attached hydrogen (secondary N) is 2. The Morgan fingerprint density at radius 1 is 1.04 bits per heavy atom. The summed E-state index contributed by atoms with van der Waals surface area (Å²) in [6.07, 6.45) is 3.04. The first-order valence-electron chi connectivity index (χ1n) is 6.92. The van der Waals surface area contributed by atoms with Crippen LogP contribution >= 0.6 is 0 Å². The zero-order valence-corrected chi connectivity index (χ0v) is 13.4. The molecule has 0 atom stereocenters. The highest BCUT2D eigenvalue weighted by molar-refractivity contribution is 7.90. The molecule has 2 N–H and O–H groups in total. The van der Waals surface area contributed by atoms with Crippen LogP contribution in [0.5, 0.6) is 0 Å². The highest BCUT2D eigenvalue weighted by Crippen LogP contribution is 2.22. The van der Waals surface area contributed by atoms with Crippen molar-refractivity contribution in [1.29, 1.82) is 0 Å². The number of anilines is 2. The van der Waals surface area contributed by atoms with E-state index in [0.29, 0.717) is 17.2 Å². The van der Waals surface area contributed by atoms with Crippen molar-refractivity contribution in [3.05, 3.63) is 48.9 Å². The average molecular weight is 343 g/mol. The van der Waals surface area contributed by atoms with Gasteiger partial charge in [0, 0.05) is 18.8 Å². The third-order valence-corrected chi connectivity index (χ3v) is 4.56. The van der Waals surface area contributed by atoms with Crippen LogP contribution in [0.25, 0.3) is 11.0 Å². The van der Waals surface area contributed by atoms with Gasteiger partial charge in [-0.15, -0.1) is 0 Å². The normalized spacial score (nSPS) is 11.2. The summed E-state index contributed by atoms with van der Waals surface area (Å²) in [5, 5.41) is 3.84. The number of rotatable bonds is 4. The number of nitrogens with zero attached hydrogens (tertiary/aromatic N) is 3. The Balaban J connectivity index is 1.88. The summed E-state index contributed by atoms with van der Waals surface area (Å²) >= 11 is 0. The van der Waals surface area contributed by atoms with Crippen molar-refractivity contribution in [2.24, 2.45) is 0 Å².